The average molecular weight is 277 g/mol. The topological polar surface area (TPSA) is 39.9 Å². The lowest BCUT2D eigenvalue weighted by Crippen LogP contribution is -2.34. The fraction of sp³-hybridized carbons (Fsp3) is 0.333. The van der Waals surface area contributed by atoms with Crippen LogP contribution in [0.2, 0.25) is 0 Å². The van der Waals surface area contributed by atoms with E-state index in [1.807, 2.05) is 12.1 Å². The van der Waals surface area contributed by atoms with Crippen molar-refractivity contribution in [3.8, 4) is 6.07 Å². The zero-order chi connectivity index (χ0) is 14.7. The van der Waals surface area contributed by atoms with Crippen molar-refractivity contribution in [3.63, 3.8) is 0 Å². The Kier molecular flexibility index (Phi) is 3.87. The monoisotopic (exact) mass is 277 g/mol. The Balaban J connectivity index is 1.74. The molecule has 106 valence electrons. The van der Waals surface area contributed by atoms with Gasteiger partial charge < -0.3 is 4.90 Å². The molecule has 3 nitrogen and oxygen atoms in total. The van der Waals surface area contributed by atoms with E-state index in [4.69, 9.17) is 0 Å². The Morgan fingerprint density at radius 1 is 1.14 bits per heavy atom. The largest absolute Gasteiger partial charge is 0.355 e. The molecule has 21 heavy (non-hydrogen) atoms. The highest BCUT2D eigenvalue weighted by Crippen LogP contribution is 2.32. The van der Waals surface area contributed by atoms with Gasteiger partial charge in [-0.1, -0.05) is 24.3 Å². The maximum atomic E-state index is 9.20. The molecule has 3 rings (SSSR count). The number of pyridine rings is 1. The molecule has 1 aliphatic rings. The minimum absolute atomic E-state index is 0.622. The van der Waals surface area contributed by atoms with Crippen molar-refractivity contribution in [2.45, 2.75) is 25.7 Å². The number of hydrogen-bond donors (Lipinski definition) is 0. The number of rotatable bonds is 2. The van der Waals surface area contributed by atoms with E-state index >= 15 is 0 Å². The molecule has 0 bridgehead atoms. The van der Waals surface area contributed by atoms with Crippen molar-refractivity contribution in [2.75, 3.05) is 18.0 Å². The van der Waals surface area contributed by atoms with Crippen molar-refractivity contribution >= 4 is 5.82 Å². The predicted octanol–water partition coefficient (Wildman–Crippen LogP) is 3.65. The average Bonchev–Trinajstić information content (AvgIpc) is 2.55. The summed E-state index contributed by atoms with van der Waals surface area (Å²) in [6.45, 7) is 4.11. The first-order valence-electron chi connectivity index (χ1n) is 7.45. The minimum atomic E-state index is 0.622. The smallest absolute Gasteiger partial charge is 0.146 e. The second kappa shape index (κ2) is 5.97. The maximum Gasteiger partial charge on any atom is 0.146 e. The van der Waals surface area contributed by atoms with Gasteiger partial charge in [-0.3, -0.25) is 0 Å². The standard InChI is InChI=1S/C18H19N3/c1-14-5-2-3-7-17(14)15-8-11-21(12-9-15)18-16(13-19)6-4-10-20-18/h2-7,10,15H,8-9,11-12H2,1H3. The lowest BCUT2D eigenvalue weighted by atomic mass is 9.87. The predicted molar refractivity (Wildman–Crippen MR) is 84.3 cm³/mol. The quantitative estimate of drug-likeness (QED) is 0.841. The number of aryl methyl sites for hydroxylation is 1. The van der Waals surface area contributed by atoms with Gasteiger partial charge in [-0.05, 0) is 48.9 Å². The molecule has 0 unspecified atom stereocenters. The van der Waals surface area contributed by atoms with E-state index in [1.54, 1.807) is 6.20 Å². The maximum absolute atomic E-state index is 9.20. The van der Waals surface area contributed by atoms with E-state index < -0.39 is 0 Å². The first kappa shape index (κ1) is 13.6. The number of nitriles is 1. The first-order valence-corrected chi connectivity index (χ1v) is 7.45. The summed E-state index contributed by atoms with van der Waals surface area (Å²) in [5, 5.41) is 9.20. The molecule has 1 aromatic carbocycles. The minimum Gasteiger partial charge on any atom is -0.355 e. The van der Waals surface area contributed by atoms with Crippen LogP contribution >= 0.6 is 0 Å². The van der Waals surface area contributed by atoms with Crippen LogP contribution in [0.4, 0.5) is 5.82 Å². The van der Waals surface area contributed by atoms with Gasteiger partial charge in [0.2, 0.25) is 0 Å². The Labute approximate surface area is 125 Å². The number of aromatic nitrogens is 1. The fourth-order valence-electron chi connectivity index (χ4n) is 3.18. The van der Waals surface area contributed by atoms with Crippen LogP contribution in [0.3, 0.4) is 0 Å². The summed E-state index contributed by atoms with van der Waals surface area (Å²) in [5.41, 5.74) is 3.53. The number of piperidine rings is 1. The molecule has 0 amide bonds. The molecule has 0 radical (unpaired) electrons. The molecule has 1 aromatic heterocycles. The molecule has 1 fully saturated rings. The summed E-state index contributed by atoms with van der Waals surface area (Å²) in [4.78, 5) is 6.64. The van der Waals surface area contributed by atoms with Crippen molar-refractivity contribution in [2.24, 2.45) is 0 Å². The van der Waals surface area contributed by atoms with Gasteiger partial charge in [0.15, 0.2) is 0 Å². The van der Waals surface area contributed by atoms with Gasteiger partial charge in [0, 0.05) is 19.3 Å². The third-order valence-electron chi connectivity index (χ3n) is 4.33. The molecular formula is C18H19N3. The molecule has 0 spiro atoms. The van der Waals surface area contributed by atoms with Gasteiger partial charge in [-0.25, -0.2) is 4.98 Å². The van der Waals surface area contributed by atoms with Gasteiger partial charge in [0.25, 0.3) is 0 Å². The van der Waals surface area contributed by atoms with Crippen LogP contribution in [-0.2, 0) is 0 Å². The van der Waals surface area contributed by atoms with Crippen molar-refractivity contribution in [3.05, 3.63) is 59.3 Å². The highest BCUT2D eigenvalue weighted by atomic mass is 15.2. The Morgan fingerprint density at radius 3 is 2.62 bits per heavy atom. The first-order chi connectivity index (χ1) is 10.3. The van der Waals surface area contributed by atoms with Crippen LogP contribution in [0.5, 0.6) is 0 Å². The van der Waals surface area contributed by atoms with Gasteiger partial charge in [-0.2, -0.15) is 5.26 Å². The highest BCUT2D eigenvalue weighted by molar-refractivity contribution is 5.53. The summed E-state index contributed by atoms with van der Waals surface area (Å²) < 4.78 is 0. The number of nitrogens with zero attached hydrogens (tertiary/aromatic N) is 3. The molecule has 0 N–H and O–H groups in total. The lowest BCUT2D eigenvalue weighted by molar-refractivity contribution is 0.501. The Bertz CT molecular complexity index is 664. The molecule has 0 atom stereocenters. The van der Waals surface area contributed by atoms with Crippen molar-refractivity contribution < 1.29 is 0 Å². The molecule has 2 heterocycles. The van der Waals surface area contributed by atoms with E-state index in [1.165, 1.54) is 11.1 Å². The molecule has 1 aliphatic heterocycles. The zero-order valence-electron chi connectivity index (χ0n) is 12.3. The Morgan fingerprint density at radius 2 is 1.90 bits per heavy atom. The van der Waals surface area contributed by atoms with Crippen LogP contribution in [-0.4, -0.2) is 18.1 Å². The summed E-state index contributed by atoms with van der Waals surface area (Å²) >= 11 is 0. The van der Waals surface area contributed by atoms with Crippen molar-refractivity contribution in [1.82, 2.24) is 4.98 Å². The summed E-state index contributed by atoms with van der Waals surface area (Å²) in [6, 6.07) is 14.6. The van der Waals surface area contributed by atoms with E-state index in [0.717, 1.165) is 31.7 Å². The zero-order valence-corrected chi connectivity index (χ0v) is 12.3. The van der Waals surface area contributed by atoms with Gasteiger partial charge in [0.05, 0.1) is 5.56 Å². The van der Waals surface area contributed by atoms with Gasteiger partial charge in [-0.15, -0.1) is 0 Å². The van der Waals surface area contributed by atoms with E-state index in [0.29, 0.717) is 11.5 Å². The van der Waals surface area contributed by atoms with E-state index in [9.17, 15) is 5.26 Å². The number of benzene rings is 1. The molecule has 0 saturated carbocycles. The van der Waals surface area contributed by atoms with Crippen LogP contribution in [0.1, 0.15) is 35.4 Å². The van der Waals surface area contributed by atoms with Crippen LogP contribution in [0.25, 0.3) is 0 Å². The Hall–Kier alpha value is -2.34. The highest BCUT2D eigenvalue weighted by Gasteiger charge is 2.23. The second-order valence-corrected chi connectivity index (χ2v) is 5.60. The fourth-order valence-corrected chi connectivity index (χ4v) is 3.18. The third-order valence-corrected chi connectivity index (χ3v) is 4.33. The second-order valence-electron chi connectivity index (χ2n) is 5.60. The summed E-state index contributed by atoms with van der Waals surface area (Å²) in [6.07, 6.45) is 4.00. The summed E-state index contributed by atoms with van der Waals surface area (Å²) in [7, 11) is 0. The molecule has 1 saturated heterocycles. The number of hydrogen-bond acceptors (Lipinski definition) is 3. The normalized spacial score (nSPS) is 15.7. The van der Waals surface area contributed by atoms with Gasteiger partial charge >= 0.3 is 0 Å². The molecule has 3 heteroatoms. The van der Waals surface area contributed by atoms with Gasteiger partial charge in [0.1, 0.15) is 11.9 Å². The SMILES string of the molecule is Cc1ccccc1C1CCN(c2ncccc2C#N)CC1. The van der Waals surface area contributed by atoms with E-state index in [2.05, 4.69) is 47.1 Å². The number of anilines is 1. The molecule has 2 aromatic rings. The van der Waals surface area contributed by atoms with Crippen LogP contribution < -0.4 is 4.90 Å². The third kappa shape index (κ3) is 2.75. The van der Waals surface area contributed by atoms with E-state index in [-0.39, 0.29) is 0 Å². The van der Waals surface area contributed by atoms with Crippen molar-refractivity contribution in [1.29, 1.82) is 5.26 Å². The van der Waals surface area contributed by atoms with Crippen LogP contribution in [0.15, 0.2) is 42.6 Å². The van der Waals surface area contributed by atoms with Crippen LogP contribution in [0, 0.1) is 18.3 Å². The summed E-state index contributed by atoms with van der Waals surface area (Å²) in [5.74, 6) is 1.46. The molecular weight excluding hydrogens is 258 g/mol. The lowest BCUT2D eigenvalue weighted by Gasteiger charge is -2.33. The molecule has 0 aliphatic carbocycles.